The van der Waals surface area contributed by atoms with Crippen LogP contribution >= 0.6 is 0 Å². The molecule has 2 aromatic heterocycles. The maximum Gasteiger partial charge on any atom is 0.341 e. The minimum Gasteiger partial charge on any atom is -0.477 e. The van der Waals surface area contributed by atoms with Crippen LogP contribution in [-0.2, 0) is 6.42 Å². The number of aryl methyl sites for hydroxylation is 1. The van der Waals surface area contributed by atoms with Crippen molar-refractivity contribution in [1.82, 2.24) is 10.1 Å². The van der Waals surface area contributed by atoms with Crippen molar-refractivity contribution in [2.45, 2.75) is 27.2 Å². The monoisotopic (exact) mass is 260 g/mol. The third-order valence-corrected chi connectivity index (χ3v) is 2.86. The Labute approximate surface area is 111 Å². The van der Waals surface area contributed by atoms with Gasteiger partial charge in [0.05, 0.1) is 0 Å². The number of aromatic carboxylic acids is 1. The lowest BCUT2D eigenvalue weighted by molar-refractivity contribution is 0.0695. The van der Waals surface area contributed by atoms with Crippen molar-refractivity contribution in [2.75, 3.05) is 0 Å². The van der Waals surface area contributed by atoms with Crippen LogP contribution in [0.25, 0.3) is 11.3 Å². The standard InChI is InChI=1S/C14H16N2O3/c1-8(2)6-11-12(14(17)18)13(16-19-11)10-7-15-5-4-9(10)3/h4-5,7-8H,6H2,1-3H3,(H,17,18). The molecule has 1 N–H and O–H groups in total. The van der Waals surface area contributed by atoms with E-state index in [0.717, 1.165) is 5.56 Å². The molecule has 0 unspecified atom stereocenters. The highest BCUT2D eigenvalue weighted by molar-refractivity contribution is 5.96. The molecule has 0 saturated carbocycles. The summed E-state index contributed by atoms with van der Waals surface area (Å²) >= 11 is 0. The topological polar surface area (TPSA) is 76.2 Å². The molecule has 0 bridgehead atoms. The molecule has 2 rings (SSSR count). The fourth-order valence-corrected chi connectivity index (χ4v) is 1.95. The van der Waals surface area contributed by atoms with E-state index in [-0.39, 0.29) is 5.56 Å². The van der Waals surface area contributed by atoms with Crippen LogP contribution in [0, 0.1) is 12.8 Å². The highest BCUT2D eigenvalue weighted by atomic mass is 16.5. The van der Waals surface area contributed by atoms with Crippen molar-refractivity contribution < 1.29 is 14.4 Å². The Bertz CT molecular complexity index is 602. The van der Waals surface area contributed by atoms with E-state index in [1.165, 1.54) is 0 Å². The van der Waals surface area contributed by atoms with Crippen LogP contribution < -0.4 is 0 Å². The molecule has 0 atom stereocenters. The molecule has 2 heterocycles. The van der Waals surface area contributed by atoms with E-state index in [9.17, 15) is 9.90 Å². The van der Waals surface area contributed by atoms with Crippen molar-refractivity contribution in [3.05, 3.63) is 35.3 Å². The lowest BCUT2D eigenvalue weighted by Crippen LogP contribution is -2.04. The molecule has 5 heteroatoms. The van der Waals surface area contributed by atoms with Crippen molar-refractivity contribution in [3.8, 4) is 11.3 Å². The lowest BCUT2D eigenvalue weighted by atomic mass is 10.00. The van der Waals surface area contributed by atoms with Crippen molar-refractivity contribution in [1.29, 1.82) is 0 Å². The minimum atomic E-state index is -1.02. The first-order valence-electron chi connectivity index (χ1n) is 6.13. The zero-order valence-corrected chi connectivity index (χ0v) is 11.2. The van der Waals surface area contributed by atoms with Gasteiger partial charge in [0.25, 0.3) is 0 Å². The van der Waals surface area contributed by atoms with Gasteiger partial charge in [0.15, 0.2) is 5.76 Å². The Kier molecular flexibility index (Phi) is 3.64. The first kappa shape index (κ1) is 13.3. The zero-order chi connectivity index (χ0) is 14.0. The number of carboxylic acid groups (broad SMARTS) is 1. The highest BCUT2D eigenvalue weighted by Crippen LogP contribution is 2.28. The van der Waals surface area contributed by atoms with Crippen LogP contribution in [0.1, 0.15) is 35.5 Å². The number of carbonyl (C=O) groups is 1. The molecule has 5 nitrogen and oxygen atoms in total. The molecule has 2 aromatic rings. The molecule has 0 fully saturated rings. The number of nitrogens with zero attached hydrogens (tertiary/aromatic N) is 2. The molecule has 0 aromatic carbocycles. The molecule has 0 aliphatic rings. The molecular weight excluding hydrogens is 244 g/mol. The van der Waals surface area contributed by atoms with Gasteiger partial charge in [0.1, 0.15) is 11.3 Å². The van der Waals surface area contributed by atoms with Gasteiger partial charge in [0.2, 0.25) is 0 Å². The number of aromatic nitrogens is 2. The summed E-state index contributed by atoms with van der Waals surface area (Å²) in [5.74, 6) is -0.301. The summed E-state index contributed by atoms with van der Waals surface area (Å²) in [7, 11) is 0. The second-order valence-electron chi connectivity index (χ2n) is 4.92. The Balaban J connectivity index is 2.56. The summed E-state index contributed by atoms with van der Waals surface area (Å²) < 4.78 is 5.22. The summed E-state index contributed by atoms with van der Waals surface area (Å²) in [6, 6.07) is 1.82. The second-order valence-corrected chi connectivity index (χ2v) is 4.92. The molecule has 0 saturated heterocycles. The number of hydrogen-bond donors (Lipinski definition) is 1. The van der Waals surface area contributed by atoms with E-state index in [1.54, 1.807) is 12.4 Å². The maximum absolute atomic E-state index is 11.4. The average Bonchev–Trinajstić information content (AvgIpc) is 2.72. The third-order valence-electron chi connectivity index (χ3n) is 2.86. The van der Waals surface area contributed by atoms with Crippen molar-refractivity contribution in [2.24, 2.45) is 5.92 Å². The first-order valence-corrected chi connectivity index (χ1v) is 6.13. The number of hydrogen-bond acceptors (Lipinski definition) is 4. The van der Waals surface area contributed by atoms with E-state index in [1.807, 2.05) is 26.8 Å². The van der Waals surface area contributed by atoms with Gasteiger partial charge in [-0.3, -0.25) is 4.98 Å². The van der Waals surface area contributed by atoms with E-state index in [2.05, 4.69) is 10.1 Å². The molecule has 0 radical (unpaired) electrons. The molecule has 0 aliphatic heterocycles. The summed E-state index contributed by atoms with van der Waals surface area (Å²) in [5.41, 5.74) is 2.11. The van der Waals surface area contributed by atoms with Crippen LogP contribution in [-0.4, -0.2) is 21.2 Å². The van der Waals surface area contributed by atoms with Gasteiger partial charge in [-0.25, -0.2) is 4.79 Å². The van der Waals surface area contributed by atoms with Crippen LogP contribution in [0.2, 0.25) is 0 Å². The summed E-state index contributed by atoms with van der Waals surface area (Å²) in [6.07, 6.45) is 3.82. The predicted molar refractivity (Wildman–Crippen MR) is 70.0 cm³/mol. The second kappa shape index (κ2) is 5.22. The van der Waals surface area contributed by atoms with Crippen LogP contribution in [0.15, 0.2) is 23.0 Å². The molecule has 0 amide bonds. The van der Waals surface area contributed by atoms with E-state index in [0.29, 0.717) is 29.4 Å². The van der Waals surface area contributed by atoms with Crippen LogP contribution in [0.5, 0.6) is 0 Å². The van der Waals surface area contributed by atoms with Crippen LogP contribution in [0.3, 0.4) is 0 Å². The normalized spacial score (nSPS) is 10.9. The zero-order valence-electron chi connectivity index (χ0n) is 11.2. The Hall–Kier alpha value is -2.17. The molecule has 19 heavy (non-hydrogen) atoms. The SMILES string of the molecule is Cc1ccncc1-c1noc(CC(C)C)c1C(=O)O. The maximum atomic E-state index is 11.4. The molecule has 100 valence electrons. The third kappa shape index (κ3) is 2.65. The fourth-order valence-electron chi connectivity index (χ4n) is 1.95. The van der Waals surface area contributed by atoms with Crippen molar-refractivity contribution >= 4 is 5.97 Å². The van der Waals surface area contributed by atoms with Gasteiger partial charge in [-0.2, -0.15) is 0 Å². The molecule has 0 spiro atoms. The quantitative estimate of drug-likeness (QED) is 0.914. The molecular formula is C14H16N2O3. The van der Waals surface area contributed by atoms with Gasteiger partial charge >= 0.3 is 5.97 Å². The predicted octanol–water partition coefficient (Wildman–Crippen LogP) is 2.94. The van der Waals surface area contributed by atoms with Crippen molar-refractivity contribution in [3.63, 3.8) is 0 Å². The van der Waals surface area contributed by atoms with Gasteiger partial charge in [-0.05, 0) is 24.5 Å². The Morgan fingerprint density at radius 3 is 2.79 bits per heavy atom. The summed E-state index contributed by atoms with van der Waals surface area (Å²) in [6.45, 7) is 5.89. The van der Waals surface area contributed by atoms with E-state index >= 15 is 0 Å². The highest BCUT2D eigenvalue weighted by Gasteiger charge is 2.24. The smallest absolute Gasteiger partial charge is 0.341 e. The number of rotatable bonds is 4. The van der Waals surface area contributed by atoms with Gasteiger partial charge in [-0.15, -0.1) is 0 Å². The van der Waals surface area contributed by atoms with Gasteiger partial charge in [-0.1, -0.05) is 19.0 Å². The van der Waals surface area contributed by atoms with E-state index in [4.69, 9.17) is 4.52 Å². The largest absolute Gasteiger partial charge is 0.477 e. The van der Waals surface area contributed by atoms with Gasteiger partial charge < -0.3 is 9.63 Å². The fraction of sp³-hybridized carbons (Fsp3) is 0.357. The van der Waals surface area contributed by atoms with Crippen LogP contribution in [0.4, 0.5) is 0 Å². The lowest BCUT2D eigenvalue weighted by Gasteiger charge is -2.03. The summed E-state index contributed by atoms with van der Waals surface area (Å²) in [4.78, 5) is 15.5. The Morgan fingerprint density at radius 2 is 2.21 bits per heavy atom. The van der Waals surface area contributed by atoms with Gasteiger partial charge in [0, 0.05) is 24.4 Å². The number of pyridine rings is 1. The first-order chi connectivity index (χ1) is 9.00. The average molecular weight is 260 g/mol. The minimum absolute atomic E-state index is 0.143. The number of carboxylic acids is 1. The van der Waals surface area contributed by atoms with E-state index < -0.39 is 5.97 Å². The molecule has 0 aliphatic carbocycles. The summed E-state index contributed by atoms with van der Waals surface area (Å²) in [5, 5.41) is 13.3. The Morgan fingerprint density at radius 1 is 1.47 bits per heavy atom.